The lowest BCUT2D eigenvalue weighted by molar-refractivity contribution is -0.121. The molecule has 0 heterocycles. The van der Waals surface area contributed by atoms with E-state index < -0.39 is 0 Å². The summed E-state index contributed by atoms with van der Waals surface area (Å²) >= 11 is 0. The average molecular weight is 254 g/mol. The number of carbonyl (C=O) groups excluding carboxylic acids is 1. The highest BCUT2D eigenvalue weighted by Crippen LogP contribution is 2.20. The SMILES string of the molecule is NCC(Cc1ccc(-c2ccccc2)cc1)C(N)=O. The Kier molecular flexibility index (Phi) is 4.31. The van der Waals surface area contributed by atoms with Crippen molar-refractivity contribution in [3.8, 4) is 11.1 Å². The summed E-state index contributed by atoms with van der Waals surface area (Å²) in [7, 11) is 0. The molecule has 4 N–H and O–H groups in total. The molecule has 1 atom stereocenters. The van der Waals surface area contributed by atoms with Crippen LogP contribution in [0.15, 0.2) is 54.6 Å². The summed E-state index contributed by atoms with van der Waals surface area (Å²) in [5.41, 5.74) is 14.3. The molecule has 2 rings (SSSR count). The second-order valence-corrected chi connectivity index (χ2v) is 4.60. The van der Waals surface area contributed by atoms with Crippen molar-refractivity contribution >= 4 is 5.91 Å². The molecule has 0 saturated carbocycles. The van der Waals surface area contributed by atoms with Crippen molar-refractivity contribution in [1.29, 1.82) is 0 Å². The van der Waals surface area contributed by atoms with E-state index in [1.54, 1.807) is 0 Å². The third-order valence-electron chi connectivity index (χ3n) is 3.23. The van der Waals surface area contributed by atoms with Gasteiger partial charge >= 0.3 is 0 Å². The van der Waals surface area contributed by atoms with Crippen LogP contribution in [0.2, 0.25) is 0 Å². The number of nitrogens with two attached hydrogens (primary N) is 2. The fourth-order valence-electron chi connectivity index (χ4n) is 2.05. The van der Waals surface area contributed by atoms with Gasteiger partial charge in [0.1, 0.15) is 0 Å². The Labute approximate surface area is 113 Å². The van der Waals surface area contributed by atoms with Crippen molar-refractivity contribution in [1.82, 2.24) is 0 Å². The number of benzene rings is 2. The molecular formula is C16H18N2O. The summed E-state index contributed by atoms with van der Waals surface area (Å²) in [5, 5.41) is 0. The summed E-state index contributed by atoms with van der Waals surface area (Å²) in [6.45, 7) is 0.287. The van der Waals surface area contributed by atoms with Crippen LogP contribution < -0.4 is 11.5 Å². The lowest BCUT2D eigenvalue weighted by Gasteiger charge is -2.11. The largest absolute Gasteiger partial charge is 0.369 e. The second-order valence-electron chi connectivity index (χ2n) is 4.60. The van der Waals surface area contributed by atoms with Crippen LogP contribution in [0.3, 0.4) is 0 Å². The quantitative estimate of drug-likeness (QED) is 0.856. The zero-order valence-electron chi connectivity index (χ0n) is 10.8. The summed E-state index contributed by atoms with van der Waals surface area (Å²) in [4.78, 5) is 11.2. The summed E-state index contributed by atoms with van der Waals surface area (Å²) < 4.78 is 0. The van der Waals surface area contributed by atoms with E-state index in [1.165, 1.54) is 5.56 Å². The number of hydrogen-bond donors (Lipinski definition) is 2. The number of hydrogen-bond acceptors (Lipinski definition) is 2. The standard InChI is InChI=1S/C16H18N2O/c17-11-15(16(18)19)10-12-6-8-14(9-7-12)13-4-2-1-3-5-13/h1-9,15H,10-11,17H2,(H2,18,19). The molecule has 0 aliphatic carbocycles. The lowest BCUT2D eigenvalue weighted by Crippen LogP contribution is -2.31. The van der Waals surface area contributed by atoms with E-state index in [2.05, 4.69) is 24.3 Å². The fourth-order valence-corrected chi connectivity index (χ4v) is 2.05. The minimum Gasteiger partial charge on any atom is -0.369 e. The smallest absolute Gasteiger partial charge is 0.222 e. The molecule has 3 nitrogen and oxygen atoms in total. The molecule has 1 amide bonds. The van der Waals surface area contributed by atoms with Crippen LogP contribution >= 0.6 is 0 Å². The van der Waals surface area contributed by atoms with E-state index in [0.29, 0.717) is 6.42 Å². The molecule has 1 unspecified atom stereocenters. The van der Waals surface area contributed by atoms with Crippen LogP contribution in [0.4, 0.5) is 0 Å². The molecule has 3 heteroatoms. The topological polar surface area (TPSA) is 69.1 Å². The Hall–Kier alpha value is -2.13. The van der Waals surface area contributed by atoms with Gasteiger partial charge in [-0.2, -0.15) is 0 Å². The number of carbonyl (C=O) groups is 1. The average Bonchev–Trinajstić information content (AvgIpc) is 2.46. The first-order valence-corrected chi connectivity index (χ1v) is 6.34. The molecular weight excluding hydrogens is 236 g/mol. The molecule has 2 aromatic carbocycles. The van der Waals surface area contributed by atoms with Gasteiger partial charge in [-0.25, -0.2) is 0 Å². The Morgan fingerprint density at radius 3 is 2.05 bits per heavy atom. The molecule has 0 spiro atoms. The first kappa shape index (κ1) is 13.3. The first-order valence-electron chi connectivity index (χ1n) is 6.34. The predicted octanol–water partition coefficient (Wildman–Crippen LogP) is 1.96. The van der Waals surface area contributed by atoms with Gasteiger partial charge in [-0.1, -0.05) is 54.6 Å². The Bertz CT molecular complexity index is 534. The van der Waals surface area contributed by atoms with Gasteiger partial charge < -0.3 is 11.5 Å². The molecule has 0 saturated heterocycles. The van der Waals surface area contributed by atoms with Crippen molar-refractivity contribution in [2.75, 3.05) is 6.54 Å². The first-order chi connectivity index (χ1) is 9.20. The van der Waals surface area contributed by atoms with Crippen molar-refractivity contribution < 1.29 is 4.79 Å². The fraction of sp³-hybridized carbons (Fsp3) is 0.188. The van der Waals surface area contributed by atoms with Gasteiger partial charge in [0.2, 0.25) is 5.91 Å². The van der Waals surface area contributed by atoms with E-state index in [9.17, 15) is 4.79 Å². The van der Waals surface area contributed by atoms with Gasteiger partial charge in [0, 0.05) is 6.54 Å². The third-order valence-corrected chi connectivity index (χ3v) is 3.23. The lowest BCUT2D eigenvalue weighted by atomic mass is 9.96. The number of rotatable bonds is 5. The molecule has 0 aromatic heterocycles. The van der Waals surface area contributed by atoms with Crippen LogP contribution in [0, 0.1) is 5.92 Å². The van der Waals surface area contributed by atoms with Crippen LogP contribution in [-0.2, 0) is 11.2 Å². The third kappa shape index (κ3) is 3.42. The maximum atomic E-state index is 11.2. The van der Waals surface area contributed by atoms with E-state index in [4.69, 9.17) is 11.5 Å². The van der Waals surface area contributed by atoms with Crippen molar-refractivity contribution in [3.63, 3.8) is 0 Å². The second kappa shape index (κ2) is 6.16. The zero-order chi connectivity index (χ0) is 13.7. The Balaban J connectivity index is 2.13. The van der Waals surface area contributed by atoms with Gasteiger partial charge in [0.05, 0.1) is 5.92 Å². The van der Waals surface area contributed by atoms with Gasteiger partial charge in [-0.3, -0.25) is 4.79 Å². The Morgan fingerprint density at radius 1 is 0.947 bits per heavy atom. The minimum absolute atomic E-state index is 0.287. The highest BCUT2D eigenvalue weighted by molar-refractivity contribution is 5.77. The van der Waals surface area contributed by atoms with Crippen LogP contribution in [0.1, 0.15) is 5.56 Å². The van der Waals surface area contributed by atoms with Gasteiger partial charge in [0.15, 0.2) is 0 Å². The maximum absolute atomic E-state index is 11.2. The molecule has 98 valence electrons. The molecule has 19 heavy (non-hydrogen) atoms. The number of amides is 1. The van der Waals surface area contributed by atoms with E-state index in [-0.39, 0.29) is 18.4 Å². The van der Waals surface area contributed by atoms with Crippen molar-refractivity contribution in [2.24, 2.45) is 17.4 Å². The van der Waals surface area contributed by atoms with Crippen molar-refractivity contribution in [2.45, 2.75) is 6.42 Å². The van der Waals surface area contributed by atoms with Gasteiger partial charge in [-0.15, -0.1) is 0 Å². The van der Waals surface area contributed by atoms with E-state index in [0.717, 1.165) is 11.1 Å². The van der Waals surface area contributed by atoms with E-state index >= 15 is 0 Å². The summed E-state index contributed by atoms with van der Waals surface area (Å²) in [5.74, 6) is -0.628. The zero-order valence-corrected chi connectivity index (χ0v) is 10.8. The van der Waals surface area contributed by atoms with Gasteiger partial charge in [0.25, 0.3) is 0 Å². The molecule has 2 aromatic rings. The maximum Gasteiger partial charge on any atom is 0.222 e. The van der Waals surface area contributed by atoms with Crippen LogP contribution in [0.5, 0.6) is 0 Å². The monoisotopic (exact) mass is 254 g/mol. The molecule has 0 bridgehead atoms. The summed E-state index contributed by atoms with van der Waals surface area (Å²) in [6, 6.07) is 18.3. The van der Waals surface area contributed by atoms with Gasteiger partial charge in [-0.05, 0) is 23.1 Å². The van der Waals surface area contributed by atoms with Crippen LogP contribution in [-0.4, -0.2) is 12.5 Å². The molecule has 0 radical (unpaired) electrons. The highest BCUT2D eigenvalue weighted by Gasteiger charge is 2.13. The summed E-state index contributed by atoms with van der Waals surface area (Å²) in [6.07, 6.45) is 0.598. The van der Waals surface area contributed by atoms with Crippen LogP contribution in [0.25, 0.3) is 11.1 Å². The predicted molar refractivity (Wildman–Crippen MR) is 77.3 cm³/mol. The highest BCUT2D eigenvalue weighted by atomic mass is 16.1. The van der Waals surface area contributed by atoms with E-state index in [1.807, 2.05) is 30.3 Å². The van der Waals surface area contributed by atoms with Crippen molar-refractivity contribution in [3.05, 3.63) is 60.2 Å². The molecule has 0 aliphatic rings. The molecule has 0 fully saturated rings. The Morgan fingerprint density at radius 2 is 1.53 bits per heavy atom. The number of primary amides is 1. The molecule has 0 aliphatic heterocycles. The minimum atomic E-state index is -0.338. The normalized spacial score (nSPS) is 12.1.